The molecule has 0 bridgehead atoms. The van der Waals surface area contributed by atoms with Gasteiger partial charge in [-0.1, -0.05) is 177 Å². The molecule has 0 N–H and O–H groups in total. The third-order valence-electron chi connectivity index (χ3n) is 12.5. The van der Waals surface area contributed by atoms with Crippen LogP contribution in [-0.4, -0.2) is 8.07 Å². The van der Waals surface area contributed by atoms with Gasteiger partial charge < -0.3 is 4.90 Å². The van der Waals surface area contributed by atoms with Gasteiger partial charge in [-0.3, -0.25) is 0 Å². The van der Waals surface area contributed by atoms with Crippen molar-refractivity contribution in [3.05, 3.63) is 222 Å². The molecule has 55 heavy (non-hydrogen) atoms. The van der Waals surface area contributed by atoms with Crippen LogP contribution < -0.4 is 15.3 Å². The molecular weight excluding hydrogens is 679 g/mol. The van der Waals surface area contributed by atoms with Crippen molar-refractivity contribution in [1.82, 2.24) is 0 Å². The van der Waals surface area contributed by atoms with E-state index in [-0.39, 0.29) is 0 Å². The molecule has 2 aliphatic rings. The Bertz CT molecular complexity index is 2960. The second-order valence-electron chi connectivity index (χ2n) is 15.7. The van der Waals surface area contributed by atoms with Gasteiger partial charge in [-0.25, -0.2) is 0 Å². The Hall–Kier alpha value is -6.48. The highest BCUT2D eigenvalue weighted by Gasteiger charge is 2.52. The lowest BCUT2D eigenvalue weighted by Crippen LogP contribution is -2.63. The minimum Gasteiger partial charge on any atom is -0.310 e. The van der Waals surface area contributed by atoms with Gasteiger partial charge in [0, 0.05) is 16.9 Å². The maximum Gasteiger partial charge on any atom is 0.113 e. The topological polar surface area (TPSA) is 3.24 Å². The van der Waals surface area contributed by atoms with Crippen LogP contribution in [0.15, 0.2) is 200 Å². The summed E-state index contributed by atoms with van der Waals surface area (Å²) < 4.78 is 0. The van der Waals surface area contributed by atoms with Gasteiger partial charge in [0.1, 0.15) is 8.07 Å². The van der Waals surface area contributed by atoms with Crippen LogP contribution in [0.5, 0.6) is 0 Å². The number of anilines is 3. The third-order valence-corrected chi connectivity index (χ3v) is 16.0. The average Bonchev–Trinajstić information content (AvgIpc) is 3.24. The Morgan fingerprint density at radius 2 is 0.964 bits per heavy atom. The maximum absolute atomic E-state index is 2.57. The molecule has 0 amide bonds. The Kier molecular flexibility index (Phi) is 6.99. The van der Waals surface area contributed by atoms with Gasteiger partial charge in [0.2, 0.25) is 0 Å². The normalized spacial score (nSPS) is 16.0. The highest BCUT2D eigenvalue weighted by molar-refractivity contribution is 7.01. The molecule has 1 aliphatic heterocycles. The molecule has 9 aromatic carbocycles. The van der Waals surface area contributed by atoms with Crippen LogP contribution in [0.4, 0.5) is 17.1 Å². The second-order valence-corrected chi connectivity index (χ2v) is 20.0. The van der Waals surface area contributed by atoms with Gasteiger partial charge in [-0.2, -0.15) is 0 Å². The number of hydrogen-bond donors (Lipinski definition) is 0. The molecule has 2 heteroatoms. The van der Waals surface area contributed by atoms with Crippen molar-refractivity contribution in [2.45, 2.75) is 18.5 Å². The molecule has 260 valence electrons. The summed E-state index contributed by atoms with van der Waals surface area (Å²) in [4.78, 5) is 2.50. The molecule has 11 rings (SSSR count). The highest BCUT2D eigenvalue weighted by atomic mass is 28.3. The highest BCUT2D eigenvalue weighted by Crippen LogP contribution is 2.56. The summed E-state index contributed by atoms with van der Waals surface area (Å²) >= 11 is 0. The van der Waals surface area contributed by atoms with E-state index in [1.54, 1.807) is 0 Å². The van der Waals surface area contributed by atoms with E-state index in [1.165, 1.54) is 87.8 Å². The predicted octanol–water partition coefficient (Wildman–Crippen LogP) is 12.6. The van der Waals surface area contributed by atoms with E-state index in [9.17, 15) is 0 Å². The number of hydrogen-bond acceptors (Lipinski definition) is 1. The summed E-state index contributed by atoms with van der Waals surface area (Å²) in [6.45, 7) is 5.12. The molecule has 1 unspecified atom stereocenters. The van der Waals surface area contributed by atoms with Crippen LogP contribution in [0.2, 0.25) is 13.1 Å². The minimum atomic E-state index is -2.26. The zero-order valence-electron chi connectivity index (χ0n) is 31.0. The molecule has 0 saturated heterocycles. The molecule has 1 spiro atoms. The summed E-state index contributed by atoms with van der Waals surface area (Å²) in [5.41, 5.74) is 13.7. The van der Waals surface area contributed by atoms with Crippen LogP contribution >= 0.6 is 0 Å². The van der Waals surface area contributed by atoms with Gasteiger partial charge in [0.05, 0.1) is 11.1 Å². The second kappa shape index (κ2) is 12.0. The molecule has 0 aromatic heterocycles. The summed E-state index contributed by atoms with van der Waals surface area (Å²) in [7, 11) is -2.26. The van der Waals surface area contributed by atoms with E-state index in [2.05, 4.69) is 218 Å². The van der Waals surface area contributed by atoms with Crippen LogP contribution in [0.3, 0.4) is 0 Å². The largest absolute Gasteiger partial charge is 0.310 e. The van der Waals surface area contributed by atoms with E-state index in [0.717, 1.165) is 5.69 Å². The van der Waals surface area contributed by atoms with Gasteiger partial charge in [-0.05, 0) is 107 Å². The SMILES string of the molecule is C[Si]1(C)c2ccccc2C2(c3ccccc3-c3cccc4cccc2c34)c2ccc(N(c3ccccc3)c3cc4ccccc4cc3-c3ccccc3)cc21. The summed E-state index contributed by atoms with van der Waals surface area (Å²) in [5, 5.41) is 8.11. The molecule has 0 saturated carbocycles. The molecule has 9 aromatic rings. The monoisotopic (exact) mass is 717 g/mol. The van der Waals surface area contributed by atoms with Crippen molar-refractivity contribution in [2.75, 3.05) is 4.90 Å². The first kappa shape index (κ1) is 32.0. The molecule has 1 nitrogen and oxygen atoms in total. The number of rotatable bonds is 4. The molecule has 0 radical (unpaired) electrons. The first-order valence-electron chi connectivity index (χ1n) is 19.4. The van der Waals surface area contributed by atoms with Gasteiger partial charge in [0.15, 0.2) is 0 Å². The quantitative estimate of drug-likeness (QED) is 0.164. The predicted molar refractivity (Wildman–Crippen MR) is 236 cm³/mol. The first-order valence-corrected chi connectivity index (χ1v) is 22.4. The minimum absolute atomic E-state index is 0.465. The number of fused-ring (bicyclic) bond motifs is 9. The molecule has 1 aliphatic carbocycles. The Morgan fingerprint density at radius 3 is 1.76 bits per heavy atom. The number of para-hydroxylation sites is 1. The smallest absolute Gasteiger partial charge is 0.113 e. The van der Waals surface area contributed by atoms with Crippen LogP contribution in [0, 0.1) is 0 Å². The molecule has 1 atom stereocenters. The van der Waals surface area contributed by atoms with Gasteiger partial charge in [0.25, 0.3) is 0 Å². The van der Waals surface area contributed by atoms with Gasteiger partial charge in [-0.15, -0.1) is 0 Å². The zero-order chi connectivity index (χ0) is 36.7. The molecule has 1 heterocycles. The standard InChI is InChI=1S/C53H39NSi/c1-55(2)50-30-14-13-28-46(50)53(45-27-12-11-25-42(45)43-26-15-21-37-22-16-29-48(53)52(37)43)47-32-31-41(35-51(47)55)54(40-23-7-4-8-24-40)49-34-39-20-10-9-19-38(39)33-44(49)36-17-5-3-6-18-36/h3-35H,1-2H3. The van der Waals surface area contributed by atoms with Crippen molar-refractivity contribution in [1.29, 1.82) is 0 Å². The van der Waals surface area contributed by atoms with Crippen molar-refractivity contribution in [3.8, 4) is 22.3 Å². The van der Waals surface area contributed by atoms with E-state index < -0.39 is 13.5 Å². The lowest BCUT2D eigenvalue weighted by molar-refractivity contribution is 0.754. The van der Waals surface area contributed by atoms with Gasteiger partial charge >= 0.3 is 0 Å². The van der Waals surface area contributed by atoms with E-state index in [0.29, 0.717) is 0 Å². The van der Waals surface area contributed by atoms with Crippen molar-refractivity contribution < 1.29 is 0 Å². The Balaban J connectivity index is 1.24. The van der Waals surface area contributed by atoms with Crippen LogP contribution in [0.25, 0.3) is 43.8 Å². The van der Waals surface area contributed by atoms with Crippen molar-refractivity contribution >= 4 is 57.1 Å². The fraction of sp³-hybridized carbons (Fsp3) is 0.0566. The summed E-state index contributed by atoms with van der Waals surface area (Å²) in [5.74, 6) is 0. The van der Waals surface area contributed by atoms with Crippen LogP contribution in [-0.2, 0) is 5.41 Å². The van der Waals surface area contributed by atoms with Crippen LogP contribution in [0.1, 0.15) is 22.3 Å². The van der Waals surface area contributed by atoms with Crippen molar-refractivity contribution in [3.63, 3.8) is 0 Å². The average molecular weight is 718 g/mol. The van der Waals surface area contributed by atoms with E-state index >= 15 is 0 Å². The fourth-order valence-electron chi connectivity index (χ4n) is 10.1. The molecule has 0 fully saturated rings. The first-order chi connectivity index (χ1) is 27.0. The lowest BCUT2D eigenvalue weighted by atomic mass is 9.59. The lowest BCUT2D eigenvalue weighted by Gasteiger charge is -2.50. The summed E-state index contributed by atoms with van der Waals surface area (Å²) in [6.07, 6.45) is 0. The Labute approximate surface area is 323 Å². The fourth-order valence-corrected chi connectivity index (χ4v) is 13.3. The molecular formula is C53H39NSi. The third kappa shape index (κ3) is 4.52. The van der Waals surface area contributed by atoms with Crippen molar-refractivity contribution in [2.24, 2.45) is 0 Å². The number of nitrogens with zero attached hydrogens (tertiary/aromatic N) is 1. The maximum atomic E-state index is 2.57. The van der Waals surface area contributed by atoms with E-state index in [4.69, 9.17) is 0 Å². The van der Waals surface area contributed by atoms with E-state index in [1.807, 2.05) is 0 Å². The number of benzene rings is 9. The summed E-state index contributed by atoms with van der Waals surface area (Å²) in [6, 6.07) is 75.1. The zero-order valence-corrected chi connectivity index (χ0v) is 32.0. The Morgan fingerprint density at radius 1 is 0.382 bits per heavy atom.